The van der Waals surface area contributed by atoms with E-state index in [1.165, 1.54) is 0 Å². The van der Waals surface area contributed by atoms with Gasteiger partial charge in [0.15, 0.2) is 0 Å². The van der Waals surface area contributed by atoms with Crippen LogP contribution in [0.2, 0.25) is 0 Å². The summed E-state index contributed by atoms with van der Waals surface area (Å²) in [7, 11) is 0. The monoisotopic (exact) mass is 309 g/mol. The van der Waals surface area contributed by atoms with Gasteiger partial charge < -0.3 is 10.4 Å². The second kappa shape index (κ2) is 6.66. The Labute approximate surface area is 122 Å². The minimum absolute atomic E-state index is 0.447. The number of carbonyl (C=O) groups is 2. The van der Waals surface area contributed by atoms with E-state index in [-0.39, 0.29) is 0 Å². The summed E-state index contributed by atoms with van der Waals surface area (Å²) in [5.74, 6) is -2.46. The topological polar surface area (TPSA) is 66.4 Å². The van der Waals surface area contributed by atoms with Crippen LogP contribution < -0.4 is 5.32 Å². The Morgan fingerprint density at radius 1 is 1.14 bits per heavy atom. The number of nitrogens with one attached hydrogen (secondary N) is 1. The van der Waals surface area contributed by atoms with Crippen molar-refractivity contribution < 1.29 is 27.9 Å². The molecule has 4 nitrogen and oxygen atoms in total. The second-order valence-electron chi connectivity index (χ2n) is 6.32. The zero-order valence-corrected chi connectivity index (χ0v) is 12.3. The number of aliphatic carboxylic acids is 1. The number of halogens is 3. The molecule has 0 heterocycles. The summed E-state index contributed by atoms with van der Waals surface area (Å²) < 4.78 is 38.3. The lowest BCUT2D eigenvalue weighted by Crippen LogP contribution is -2.45. The van der Waals surface area contributed by atoms with Crippen molar-refractivity contribution in [3.63, 3.8) is 0 Å². The molecule has 21 heavy (non-hydrogen) atoms. The molecule has 1 rings (SSSR count). The third kappa shape index (κ3) is 4.89. The normalized spacial score (nSPS) is 24.2. The average Bonchev–Trinajstić information content (AvgIpc) is 2.51. The zero-order valence-electron chi connectivity index (χ0n) is 12.3. The Balaban J connectivity index is 2.69. The van der Waals surface area contributed by atoms with Gasteiger partial charge in [0, 0.05) is 12.5 Å². The molecule has 0 aromatic heterocycles. The van der Waals surface area contributed by atoms with Gasteiger partial charge >= 0.3 is 12.1 Å². The number of carboxylic acids is 1. The van der Waals surface area contributed by atoms with Crippen molar-refractivity contribution in [1.29, 1.82) is 0 Å². The molecule has 1 aliphatic rings. The van der Waals surface area contributed by atoms with Crippen LogP contribution in [0, 0.1) is 11.3 Å². The smallest absolute Gasteiger partial charge is 0.394 e. The zero-order chi connectivity index (χ0) is 16.3. The Hall–Kier alpha value is -1.27. The lowest BCUT2D eigenvalue weighted by atomic mass is 9.87. The number of alkyl halides is 3. The van der Waals surface area contributed by atoms with Crippen molar-refractivity contribution in [2.24, 2.45) is 11.3 Å². The molecule has 2 N–H and O–H groups in total. The van der Waals surface area contributed by atoms with Crippen LogP contribution in [0.25, 0.3) is 0 Å². The molecule has 122 valence electrons. The number of carboxylic acid groups (broad SMARTS) is 1. The summed E-state index contributed by atoms with van der Waals surface area (Å²) >= 11 is 0. The van der Waals surface area contributed by atoms with E-state index in [0.717, 1.165) is 33.1 Å². The van der Waals surface area contributed by atoms with E-state index in [4.69, 9.17) is 0 Å². The molecule has 0 bridgehead atoms. The average molecular weight is 309 g/mol. The van der Waals surface area contributed by atoms with Gasteiger partial charge in [0.25, 0.3) is 0 Å². The van der Waals surface area contributed by atoms with Crippen molar-refractivity contribution in [2.75, 3.05) is 0 Å². The first-order chi connectivity index (χ1) is 9.54. The van der Waals surface area contributed by atoms with Crippen LogP contribution >= 0.6 is 0 Å². The fourth-order valence-electron chi connectivity index (χ4n) is 2.54. The van der Waals surface area contributed by atoms with Crippen LogP contribution in [-0.2, 0) is 9.59 Å². The molecule has 1 saturated carbocycles. The van der Waals surface area contributed by atoms with Crippen LogP contribution in [-0.4, -0.2) is 29.2 Å². The van der Waals surface area contributed by atoms with Crippen LogP contribution in [0.1, 0.15) is 52.4 Å². The van der Waals surface area contributed by atoms with E-state index >= 15 is 0 Å². The lowest BCUT2D eigenvalue weighted by molar-refractivity contribution is -0.214. The van der Waals surface area contributed by atoms with Gasteiger partial charge in [-0.2, -0.15) is 13.2 Å². The molecule has 1 aliphatic carbocycles. The fraction of sp³-hybridized carbons (Fsp3) is 0.857. The molecule has 0 spiro atoms. The highest BCUT2D eigenvalue weighted by Crippen LogP contribution is 2.40. The lowest BCUT2D eigenvalue weighted by Gasteiger charge is -2.29. The quantitative estimate of drug-likeness (QED) is 0.784. The third-order valence-corrected chi connectivity index (χ3v) is 4.05. The third-order valence-electron chi connectivity index (χ3n) is 4.05. The van der Waals surface area contributed by atoms with Crippen molar-refractivity contribution in [3.8, 4) is 0 Å². The predicted octanol–water partition coefficient (Wildman–Crippen LogP) is 3.11. The highest BCUT2D eigenvalue weighted by Gasteiger charge is 2.48. The van der Waals surface area contributed by atoms with Crippen molar-refractivity contribution in [2.45, 2.75) is 64.6 Å². The number of amides is 1. The molecule has 0 saturated heterocycles. The molecular formula is C14H22F3NO3. The Morgan fingerprint density at radius 3 is 2.24 bits per heavy atom. The molecule has 0 aromatic rings. The van der Waals surface area contributed by atoms with Crippen molar-refractivity contribution in [3.05, 3.63) is 0 Å². The predicted molar refractivity (Wildman–Crippen MR) is 70.6 cm³/mol. The summed E-state index contributed by atoms with van der Waals surface area (Å²) in [6.45, 7) is 1.93. The van der Waals surface area contributed by atoms with Gasteiger partial charge in [-0.1, -0.05) is 33.1 Å². The molecule has 0 aliphatic heterocycles. The first kappa shape index (κ1) is 17.8. The van der Waals surface area contributed by atoms with Crippen molar-refractivity contribution >= 4 is 11.9 Å². The Morgan fingerprint density at radius 2 is 1.71 bits per heavy atom. The van der Waals surface area contributed by atoms with Gasteiger partial charge in [-0.05, 0) is 12.8 Å². The van der Waals surface area contributed by atoms with Gasteiger partial charge in [0.05, 0.1) is 11.3 Å². The SMILES string of the molecule is CC(C)(CC(=O)N[C@H]1CCCCC[C@H]1C(=O)O)C(F)(F)F. The molecule has 0 radical (unpaired) electrons. The molecule has 0 unspecified atom stereocenters. The second-order valence-corrected chi connectivity index (χ2v) is 6.32. The summed E-state index contributed by atoms with van der Waals surface area (Å²) in [6, 6.07) is -0.582. The maximum absolute atomic E-state index is 12.8. The Kier molecular flexibility index (Phi) is 5.64. The molecule has 1 amide bonds. The summed E-state index contributed by atoms with van der Waals surface area (Å²) in [5.41, 5.74) is -2.12. The maximum Gasteiger partial charge on any atom is 0.394 e. The number of hydrogen-bond acceptors (Lipinski definition) is 2. The summed E-state index contributed by atoms with van der Waals surface area (Å²) in [4.78, 5) is 23.1. The molecular weight excluding hydrogens is 287 g/mol. The highest BCUT2D eigenvalue weighted by molar-refractivity contribution is 5.78. The van der Waals surface area contributed by atoms with Gasteiger partial charge in [0.2, 0.25) is 5.91 Å². The minimum Gasteiger partial charge on any atom is -0.481 e. The van der Waals surface area contributed by atoms with Crippen molar-refractivity contribution in [1.82, 2.24) is 5.32 Å². The molecule has 1 fully saturated rings. The van der Waals surface area contributed by atoms with E-state index < -0.39 is 41.8 Å². The largest absolute Gasteiger partial charge is 0.481 e. The van der Waals surface area contributed by atoms with Crippen LogP contribution in [0.4, 0.5) is 13.2 Å². The maximum atomic E-state index is 12.8. The van der Waals surface area contributed by atoms with E-state index in [1.54, 1.807) is 0 Å². The van der Waals surface area contributed by atoms with E-state index in [9.17, 15) is 27.9 Å². The highest BCUT2D eigenvalue weighted by atomic mass is 19.4. The first-order valence-electron chi connectivity index (χ1n) is 7.13. The number of carbonyl (C=O) groups excluding carboxylic acids is 1. The van der Waals surface area contributed by atoms with Crippen LogP contribution in [0.3, 0.4) is 0 Å². The van der Waals surface area contributed by atoms with Gasteiger partial charge in [-0.3, -0.25) is 9.59 Å². The number of rotatable bonds is 4. The van der Waals surface area contributed by atoms with E-state index in [2.05, 4.69) is 5.32 Å². The standard InChI is InChI=1S/C14H22F3NO3/c1-13(2,14(15,16)17)8-11(19)18-10-7-5-3-4-6-9(10)12(20)21/h9-10H,3-8H2,1-2H3,(H,18,19)(H,20,21)/t9-,10+/m1/s1. The molecule has 2 atom stereocenters. The molecule has 0 aromatic carbocycles. The molecule has 7 heteroatoms. The van der Waals surface area contributed by atoms with Gasteiger partial charge in [0.1, 0.15) is 0 Å². The fourth-order valence-corrected chi connectivity index (χ4v) is 2.54. The van der Waals surface area contributed by atoms with E-state index in [1.807, 2.05) is 0 Å². The van der Waals surface area contributed by atoms with Gasteiger partial charge in [-0.15, -0.1) is 0 Å². The first-order valence-corrected chi connectivity index (χ1v) is 7.13. The Bertz CT molecular complexity index is 393. The summed E-state index contributed by atoms with van der Waals surface area (Å²) in [6.07, 6.45) is -1.81. The summed E-state index contributed by atoms with van der Waals surface area (Å²) in [5, 5.41) is 11.7. The van der Waals surface area contributed by atoms with E-state index in [0.29, 0.717) is 12.8 Å². The number of hydrogen-bond donors (Lipinski definition) is 2. The van der Waals surface area contributed by atoms with Crippen LogP contribution in [0.5, 0.6) is 0 Å². The van der Waals surface area contributed by atoms with Gasteiger partial charge in [-0.25, -0.2) is 0 Å². The van der Waals surface area contributed by atoms with Crippen LogP contribution in [0.15, 0.2) is 0 Å². The minimum atomic E-state index is -4.47.